The van der Waals surface area contributed by atoms with Crippen molar-refractivity contribution in [2.24, 2.45) is 0 Å². The first-order chi connectivity index (χ1) is 17.9. The second kappa shape index (κ2) is 10.4. The molecule has 0 N–H and O–H groups in total. The topological polar surface area (TPSA) is 66.5 Å². The van der Waals surface area contributed by atoms with Crippen LogP contribution in [0.1, 0.15) is 32.6 Å². The molecular weight excluding hydrogens is 494 g/mol. The number of ether oxygens (including phenoxy) is 5. The van der Waals surface area contributed by atoms with E-state index in [1.807, 2.05) is 37.3 Å². The van der Waals surface area contributed by atoms with Gasteiger partial charge in [-0.3, -0.25) is 9.69 Å². The summed E-state index contributed by atoms with van der Waals surface area (Å²) in [4.78, 5) is 15.6. The highest BCUT2D eigenvalue weighted by molar-refractivity contribution is 6.30. The van der Waals surface area contributed by atoms with Crippen LogP contribution in [-0.4, -0.2) is 45.3 Å². The quantitative estimate of drug-likeness (QED) is 0.370. The van der Waals surface area contributed by atoms with Gasteiger partial charge in [0.05, 0.1) is 26.9 Å². The van der Waals surface area contributed by atoms with Crippen molar-refractivity contribution in [3.8, 4) is 28.7 Å². The van der Waals surface area contributed by atoms with E-state index >= 15 is 0 Å². The van der Waals surface area contributed by atoms with Crippen molar-refractivity contribution < 1.29 is 28.5 Å². The van der Waals surface area contributed by atoms with E-state index in [1.165, 1.54) is 5.56 Å². The van der Waals surface area contributed by atoms with E-state index in [0.717, 1.165) is 34.9 Å². The summed E-state index contributed by atoms with van der Waals surface area (Å²) in [6.07, 6.45) is 2.56. The molecule has 5 rings (SSSR count). The second-order valence-corrected chi connectivity index (χ2v) is 9.40. The lowest BCUT2D eigenvalue weighted by Gasteiger charge is -2.30. The molecule has 0 unspecified atom stereocenters. The number of hydrogen-bond acceptors (Lipinski definition) is 7. The van der Waals surface area contributed by atoms with E-state index in [1.54, 1.807) is 39.5 Å². The van der Waals surface area contributed by atoms with Gasteiger partial charge >= 0.3 is 0 Å². The Kier molecular flexibility index (Phi) is 7.00. The average molecular weight is 522 g/mol. The van der Waals surface area contributed by atoms with E-state index < -0.39 is 0 Å². The largest absolute Gasteiger partial charge is 0.493 e. The molecule has 0 fully saturated rings. The van der Waals surface area contributed by atoms with Crippen LogP contribution in [0.25, 0.3) is 6.08 Å². The van der Waals surface area contributed by atoms with Crippen LogP contribution in [0.4, 0.5) is 0 Å². The standard InChI is InChI=1S/C29H28ClNO6/c1-17-27-20(15-31(16-36-27)10-9-18-5-7-21(30)8-6-18)14-22-26(32)23(37-28(17)22)11-19-12-24(33-2)29(35-4)25(13-19)34-3/h5-8,11-14H,9-10,15-16H2,1-4H3/b23-11-. The summed E-state index contributed by atoms with van der Waals surface area (Å²) in [6.45, 7) is 3.92. The number of fused-ring (bicyclic) bond motifs is 2. The molecule has 192 valence electrons. The average Bonchev–Trinajstić information content (AvgIpc) is 3.22. The molecule has 0 saturated carbocycles. The van der Waals surface area contributed by atoms with Crippen LogP contribution in [0.2, 0.25) is 5.02 Å². The van der Waals surface area contributed by atoms with Gasteiger partial charge in [-0.1, -0.05) is 23.7 Å². The molecule has 2 heterocycles. The molecule has 0 aromatic heterocycles. The number of benzene rings is 3. The Labute approximate surface area is 221 Å². The highest BCUT2D eigenvalue weighted by Gasteiger charge is 2.33. The number of carbonyl (C=O) groups excluding carboxylic acids is 1. The third kappa shape index (κ3) is 4.84. The molecule has 0 spiro atoms. The number of carbonyl (C=O) groups is 1. The van der Waals surface area contributed by atoms with Crippen LogP contribution in [0, 0.1) is 6.92 Å². The summed E-state index contributed by atoms with van der Waals surface area (Å²) in [5.74, 6) is 2.85. The summed E-state index contributed by atoms with van der Waals surface area (Å²) >= 11 is 6.00. The van der Waals surface area contributed by atoms with Gasteiger partial charge in [0.25, 0.3) is 0 Å². The molecule has 0 atom stereocenters. The molecule has 2 aliphatic heterocycles. The SMILES string of the molecule is COc1cc(/C=C2\Oc3c(cc4c(c3C)OCN(CCc3ccc(Cl)cc3)C4)C2=O)cc(OC)c1OC. The predicted octanol–water partition coefficient (Wildman–Crippen LogP) is 5.69. The minimum Gasteiger partial charge on any atom is -0.493 e. The van der Waals surface area contributed by atoms with Crippen molar-refractivity contribution in [1.82, 2.24) is 4.90 Å². The third-order valence-electron chi connectivity index (χ3n) is 6.62. The fourth-order valence-electron chi connectivity index (χ4n) is 4.71. The van der Waals surface area contributed by atoms with Crippen LogP contribution < -0.4 is 23.7 Å². The molecule has 37 heavy (non-hydrogen) atoms. The minimum absolute atomic E-state index is 0.173. The maximum atomic E-state index is 13.3. The lowest BCUT2D eigenvalue weighted by atomic mass is 9.99. The zero-order chi connectivity index (χ0) is 26.1. The number of allylic oxidation sites excluding steroid dienone is 1. The summed E-state index contributed by atoms with van der Waals surface area (Å²) in [5, 5.41) is 0.730. The molecule has 0 saturated heterocycles. The molecule has 7 nitrogen and oxygen atoms in total. The highest BCUT2D eigenvalue weighted by atomic mass is 35.5. The van der Waals surface area contributed by atoms with Gasteiger partial charge in [-0.05, 0) is 60.9 Å². The van der Waals surface area contributed by atoms with Gasteiger partial charge in [0.15, 0.2) is 17.3 Å². The number of ketones is 1. The lowest BCUT2D eigenvalue weighted by molar-refractivity contribution is 0.0954. The fourth-order valence-corrected chi connectivity index (χ4v) is 4.84. The molecular formula is C29H28ClNO6. The number of methoxy groups -OCH3 is 3. The van der Waals surface area contributed by atoms with Crippen molar-refractivity contribution in [3.05, 3.63) is 81.1 Å². The van der Waals surface area contributed by atoms with E-state index in [-0.39, 0.29) is 11.5 Å². The van der Waals surface area contributed by atoms with Crippen LogP contribution in [0.15, 0.2) is 48.2 Å². The van der Waals surface area contributed by atoms with E-state index in [0.29, 0.717) is 47.4 Å². The number of Topliss-reactive ketones (excluding diaryl/α,β-unsaturated/α-hetero) is 1. The highest BCUT2D eigenvalue weighted by Crippen LogP contribution is 2.44. The second-order valence-electron chi connectivity index (χ2n) is 8.97. The van der Waals surface area contributed by atoms with Gasteiger partial charge in [0.2, 0.25) is 11.5 Å². The summed E-state index contributed by atoms with van der Waals surface area (Å²) in [5.41, 5.74) is 4.25. The van der Waals surface area contributed by atoms with Crippen molar-refractivity contribution in [1.29, 1.82) is 0 Å². The first-order valence-electron chi connectivity index (χ1n) is 11.9. The van der Waals surface area contributed by atoms with Gasteiger partial charge in [-0.15, -0.1) is 0 Å². The van der Waals surface area contributed by atoms with Crippen LogP contribution in [0.5, 0.6) is 28.7 Å². The van der Waals surface area contributed by atoms with E-state index in [2.05, 4.69) is 4.90 Å². The summed E-state index contributed by atoms with van der Waals surface area (Å²) < 4.78 is 28.4. The molecule has 8 heteroatoms. The number of nitrogens with zero attached hydrogens (tertiary/aromatic N) is 1. The van der Waals surface area contributed by atoms with Crippen molar-refractivity contribution in [3.63, 3.8) is 0 Å². The minimum atomic E-state index is -0.173. The number of halogens is 1. The van der Waals surface area contributed by atoms with Crippen LogP contribution >= 0.6 is 11.6 Å². The molecule has 3 aromatic carbocycles. The fraction of sp³-hybridized carbons (Fsp3) is 0.276. The van der Waals surface area contributed by atoms with Gasteiger partial charge in [-0.2, -0.15) is 0 Å². The van der Waals surface area contributed by atoms with Gasteiger partial charge < -0.3 is 23.7 Å². The molecule has 2 aliphatic rings. The first kappa shape index (κ1) is 25.0. The Hall–Kier alpha value is -3.68. The zero-order valence-electron chi connectivity index (χ0n) is 21.2. The van der Waals surface area contributed by atoms with E-state index in [9.17, 15) is 4.79 Å². The summed E-state index contributed by atoms with van der Waals surface area (Å²) in [6, 6.07) is 13.3. The molecule has 0 bridgehead atoms. The first-order valence-corrected chi connectivity index (χ1v) is 12.3. The van der Waals surface area contributed by atoms with Crippen molar-refractivity contribution >= 4 is 23.5 Å². The van der Waals surface area contributed by atoms with Crippen LogP contribution in [0.3, 0.4) is 0 Å². The molecule has 0 radical (unpaired) electrons. The van der Waals surface area contributed by atoms with Crippen molar-refractivity contribution in [2.45, 2.75) is 19.9 Å². The van der Waals surface area contributed by atoms with E-state index in [4.69, 9.17) is 35.3 Å². The zero-order valence-corrected chi connectivity index (χ0v) is 22.0. The monoisotopic (exact) mass is 521 g/mol. The number of rotatable bonds is 7. The predicted molar refractivity (Wildman–Crippen MR) is 141 cm³/mol. The Morgan fingerprint density at radius 1 is 1.00 bits per heavy atom. The maximum absolute atomic E-state index is 13.3. The molecule has 3 aromatic rings. The van der Waals surface area contributed by atoms with Gasteiger partial charge in [-0.25, -0.2) is 0 Å². The lowest BCUT2D eigenvalue weighted by Crippen LogP contribution is -2.34. The Balaban J connectivity index is 1.38. The summed E-state index contributed by atoms with van der Waals surface area (Å²) in [7, 11) is 4.64. The normalized spacial score (nSPS) is 15.6. The maximum Gasteiger partial charge on any atom is 0.231 e. The Morgan fingerprint density at radius 2 is 1.70 bits per heavy atom. The van der Waals surface area contributed by atoms with Crippen LogP contribution in [-0.2, 0) is 13.0 Å². The number of hydrogen-bond donors (Lipinski definition) is 0. The molecule has 0 amide bonds. The Morgan fingerprint density at radius 3 is 2.35 bits per heavy atom. The third-order valence-corrected chi connectivity index (χ3v) is 6.87. The van der Waals surface area contributed by atoms with Gasteiger partial charge in [0, 0.05) is 29.2 Å². The smallest absolute Gasteiger partial charge is 0.231 e. The Bertz CT molecular complexity index is 1360. The van der Waals surface area contributed by atoms with Crippen molar-refractivity contribution in [2.75, 3.05) is 34.6 Å². The van der Waals surface area contributed by atoms with Gasteiger partial charge in [0.1, 0.15) is 18.2 Å². The molecule has 0 aliphatic carbocycles.